The fourth-order valence-electron chi connectivity index (χ4n) is 3.52. The molecule has 2 aliphatic rings. The number of halogens is 2. The molecule has 0 amide bonds. The molecule has 0 heterocycles. The lowest BCUT2D eigenvalue weighted by atomic mass is 9.83. The van der Waals surface area contributed by atoms with Crippen molar-refractivity contribution in [3.8, 4) is 0 Å². The molecule has 1 nitrogen and oxygen atoms in total. The highest BCUT2D eigenvalue weighted by atomic mass is 35.5. The molecule has 2 saturated carbocycles. The maximum absolute atomic E-state index is 6.08. The molecule has 0 spiro atoms. The normalized spacial score (nSPS) is 32.2. The van der Waals surface area contributed by atoms with Crippen molar-refractivity contribution in [2.75, 3.05) is 5.73 Å². The van der Waals surface area contributed by atoms with Gasteiger partial charge in [0.05, 0.1) is 10.0 Å². The fourth-order valence-corrected chi connectivity index (χ4v) is 3.87. The van der Waals surface area contributed by atoms with Gasteiger partial charge in [-0.1, -0.05) is 29.6 Å². The Hall–Kier alpha value is -0.400. The largest absolute Gasteiger partial charge is 0.398 e. The highest BCUT2D eigenvalue weighted by Crippen LogP contribution is 2.54. The summed E-state index contributed by atoms with van der Waals surface area (Å²) in [6, 6.07) is 3.77. The van der Waals surface area contributed by atoms with Crippen LogP contribution in [-0.2, 0) is 0 Å². The molecule has 2 fully saturated rings. The van der Waals surface area contributed by atoms with Gasteiger partial charge in [0, 0.05) is 5.69 Å². The minimum Gasteiger partial charge on any atom is -0.398 e. The Morgan fingerprint density at radius 2 is 1.81 bits per heavy atom. The van der Waals surface area contributed by atoms with Gasteiger partial charge in [0.25, 0.3) is 0 Å². The van der Waals surface area contributed by atoms with E-state index in [-0.39, 0.29) is 0 Å². The van der Waals surface area contributed by atoms with Gasteiger partial charge in [-0.3, -0.25) is 0 Å². The number of anilines is 1. The van der Waals surface area contributed by atoms with Crippen molar-refractivity contribution < 1.29 is 0 Å². The van der Waals surface area contributed by atoms with Crippen molar-refractivity contribution >= 4 is 28.9 Å². The molecule has 2 bridgehead atoms. The quantitative estimate of drug-likeness (QED) is 0.736. The summed E-state index contributed by atoms with van der Waals surface area (Å²) in [4.78, 5) is 0. The van der Waals surface area contributed by atoms with E-state index in [1.54, 1.807) is 6.07 Å². The minimum atomic E-state index is 0.561. The summed E-state index contributed by atoms with van der Waals surface area (Å²) in [5, 5.41) is 1.19. The zero-order valence-electron chi connectivity index (χ0n) is 9.05. The summed E-state index contributed by atoms with van der Waals surface area (Å²) in [5.74, 6) is 2.36. The monoisotopic (exact) mass is 255 g/mol. The third kappa shape index (κ3) is 1.61. The topological polar surface area (TPSA) is 26.0 Å². The molecule has 86 valence electrons. The smallest absolute Gasteiger partial charge is 0.0612 e. The molecule has 3 atom stereocenters. The molecular formula is C13H15Cl2N. The van der Waals surface area contributed by atoms with Gasteiger partial charge in [0.2, 0.25) is 0 Å². The molecule has 0 aliphatic heterocycles. The Morgan fingerprint density at radius 3 is 2.44 bits per heavy atom. The van der Waals surface area contributed by atoms with Gasteiger partial charge in [-0.05, 0) is 54.7 Å². The third-order valence-electron chi connectivity index (χ3n) is 4.26. The van der Waals surface area contributed by atoms with Crippen LogP contribution in [0.3, 0.4) is 0 Å². The Kier molecular flexibility index (Phi) is 2.56. The SMILES string of the molecule is Nc1cc(Cl)c(Cl)cc1C1C[C@@H]2CC[C@H]1C2. The summed E-state index contributed by atoms with van der Waals surface area (Å²) in [7, 11) is 0. The first kappa shape index (κ1) is 10.7. The van der Waals surface area contributed by atoms with Gasteiger partial charge < -0.3 is 5.73 Å². The van der Waals surface area contributed by atoms with E-state index in [9.17, 15) is 0 Å². The van der Waals surface area contributed by atoms with E-state index in [0.29, 0.717) is 16.0 Å². The van der Waals surface area contributed by atoms with Gasteiger partial charge in [-0.25, -0.2) is 0 Å². The molecule has 2 aliphatic carbocycles. The number of hydrogen-bond acceptors (Lipinski definition) is 1. The van der Waals surface area contributed by atoms with E-state index in [0.717, 1.165) is 17.5 Å². The second kappa shape index (κ2) is 3.82. The highest BCUT2D eigenvalue weighted by molar-refractivity contribution is 6.42. The molecule has 1 aromatic carbocycles. The Bertz CT molecular complexity index is 430. The number of nitrogen functional groups attached to an aromatic ring is 1. The molecule has 16 heavy (non-hydrogen) atoms. The van der Waals surface area contributed by atoms with E-state index < -0.39 is 0 Å². The average molecular weight is 256 g/mol. The van der Waals surface area contributed by atoms with Crippen LogP contribution in [0.4, 0.5) is 5.69 Å². The first-order chi connectivity index (χ1) is 7.65. The van der Waals surface area contributed by atoms with E-state index in [4.69, 9.17) is 28.9 Å². The Labute approximate surface area is 106 Å². The molecule has 2 N–H and O–H groups in total. The molecule has 3 heteroatoms. The standard InChI is InChI=1S/C13H15Cl2N/c14-11-5-10(13(16)6-12(11)15)9-4-7-1-2-8(9)3-7/h5-9H,1-4,16H2/t7-,8+,9?/m1/s1. The third-order valence-corrected chi connectivity index (χ3v) is 4.99. The number of hydrogen-bond donors (Lipinski definition) is 1. The predicted octanol–water partition coefficient (Wildman–Crippen LogP) is 4.48. The molecule has 0 radical (unpaired) electrons. The lowest BCUT2D eigenvalue weighted by molar-refractivity contribution is 0.421. The fraction of sp³-hybridized carbons (Fsp3) is 0.538. The van der Waals surface area contributed by atoms with Crippen LogP contribution in [0.2, 0.25) is 10.0 Å². The summed E-state index contributed by atoms with van der Waals surface area (Å²) in [6.07, 6.45) is 5.43. The second-order valence-electron chi connectivity index (χ2n) is 5.18. The lowest BCUT2D eigenvalue weighted by Crippen LogP contribution is -2.10. The number of fused-ring (bicyclic) bond motifs is 2. The van der Waals surface area contributed by atoms with E-state index in [2.05, 4.69) is 0 Å². The average Bonchev–Trinajstić information content (AvgIpc) is 2.84. The van der Waals surface area contributed by atoms with E-state index in [1.807, 2.05) is 6.07 Å². The first-order valence-corrected chi connectivity index (χ1v) is 6.65. The van der Waals surface area contributed by atoms with Crippen LogP contribution < -0.4 is 5.73 Å². The Balaban J connectivity index is 1.98. The molecule has 0 aromatic heterocycles. The minimum absolute atomic E-state index is 0.561. The molecule has 1 aromatic rings. The highest BCUT2D eigenvalue weighted by Gasteiger charge is 2.40. The maximum Gasteiger partial charge on any atom is 0.0612 e. The van der Waals surface area contributed by atoms with Gasteiger partial charge in [0.1, 0.15) is 0 Å². The van der Waals surface area contributed by atoms with Crippen LogP contribution in [0.25, 0.3) is 0 Å². The van der Waals surface area contributed by atoms with Gasteiger partial charge in [0.15, 0.2) is 0 Å². The van der Waals surface area contributed by atoms with Crippen molar-refractivity contribution in [1.82, 2.24) is 0 Å². The first-order valence-electron chi connectivity index (χ1n) is 5.89. The van der Waals surface area contributed by atoms with Crippen molar-refractivity contribution in [2.45, 2.75) is 31.6 Å². The molecule has 1 unspecified atom stereocenters. The van der Waals surface area contributed by atoms with Crippen molar-refractivity contribution in [3.05, 3.63) is 27.7 Å². The van der Waals surface area contributed by atoms with Gasteiger partial charge >= 0.3 is 0 Å². The van der Waals surface area contributed by atoms with Crippen LogP contribution in [0.15, 0.2) is 12.1 Å². The number of nitrogens with two attached hydrogens (primary N) is 1. The van der Waals surface area contributed by atoms with Crippen molar-refractivity contribution in [3.63, 3.8) is 0 Å². The Morgan fingerprint density at radius 1 is 1.06 bits per heavy atom. The van der Waals surface area contributed by atoms with Crippen LogP contribution in [-0.4, -0.2) is 0 Å². The van der Waals surface area contributed by atoms with Crippen molar-refractivity contribution in [2.24, 2.45) is 11.8 Å². The second-order valence-corrected chi connectivity index (χ2v) is 5.99. The zero-order valence-corrected chi connectivity index (χ0v) is 10.6. The van der Waals surface area contributed by atoms with Gasteiger partial charge in [-0.2, -0.15) is 0 Å². The molecular weight excluding hydrogens is 241 g/mol. The van der Waals surface area contributed by atoms with Crippen LogP contribution >= 0.6 is 23.2 Å². The molecule has 3 rings (SSSR count). The summed E-state index contributed by atoms with van der Waals surface area (Å²) < 4.78 is 0. The number of benzene rings is 1. The van der Waals surface area contributed by atoms with Crippen LogP contribution in [0.5, 0.6) is 0 Å². The summed E-state index contributed by atoms with van der Waals surface area (Å²) in [5.41, 5.74) is 8.09. The maximum atomic E-state index is 6.08. The summed E-state index contributed by atoms with van der Waals surface area (Å²) in [6.45, 7) is 0. The van der Waals surface area contributed by atoms with Crippen LogP contribution in [0.1, 0.15) is 37.2 Å². The van der Waals surface area contributed by atoms with Gasteiger partial charge in [-0.15, -0.1) is 0 Å². The predicted molar refractivity (Wildman–Crippen MR) is 69.1 cm³/mol. The number of rotatable bonds is 1. The lowest BCUT2D eigenvalue weighted by Gasteiger charge is -2.23. The van der Waals surface area contributed by atoms with E-state index in [1.165, 1.54) is 31.2 Å². The van der Waals surface area contributed by atoms with E-state index >= 15 is 0 Å². The zero-order chi connectivity index (χ0) is 11.3. The van der Waals surface area contributed by atoms with Crippen LogP contribution in [0, 0.1) is 11.8 Å². The summed E-state index contributed by atoms with van der Waals surface area (Å²) >= 11 is 12.0. The van der Waals surface area contributed by atoms with Crippen molar-refractivity contribution in [1.29, 1.82) is 0 Å². The molecule has 0 saturated heterocycles.